The summed E-state index contributed by atoms with van der Waals surface area (Å²) in [6, 6.07) is 4.74. The van der Waals surface area contributed by atoms with E-state index in [1.165, 1.54) is 21.7 Å². The zero-order valence-electron chi connectivity index (χ0n) is 15.2. The molecule has 1 fully saturated rings. The lowest BCUT2D eigenvalue weighted by molar-refractivity contribution is 0.102. The van der Waals surface area contributed by atoms with E-state index in [0.717, 1.165) is 35.4 Å². The van der Waals surface area contributed by atoms with Crippen LogP contribution >= 0.6 is 11.3 Å². The fraction of sp³-hybridized carbons (Fsp3) is 0.444. The van der Waals surface area contributed by atoms with Crippen molar-refractivity contribution in [1.29, 1.82) is 0 Å². The molecule has 0 saturated carbocycles. The van der Waals surface area contributed by atoms with Gasteiger partial charge in [0.05, 0.1) is 10.6 Å². The van der Waals surface area contributed by atoms with Crippen molar-refractivity contribution < 1.29 is 13.2 Å². The molecule has 1 saturated heterocycles. The SMILES string of the molecule is Cc1ccc(S(=O)(=O)N2CCCCC2)cc1C(=O)Nc1nc(C)c(C)s1. The van der Waals surface area contributed by atoms with Gasteiger partial charge >= 0.3 is 0 Å². The summed E-state index contributed by atoms with van der Waals surface area (Å²) in [5, 5.41) is 3.30. The van der Waals surface area contributed by atoms with Gasteiger partial charge in [-0.15, -0.1) is 11.3 Å². The second-order valence-electron chi connectivity index (χ2n) is 6.56. The summed E-state index contributed by atoms with van der Waals surface area (Å²) in [6.45, 7) is 6.70. The molecule has 6 nitrogen and oxygen atoms in total. The summed E-state index contributed by atoms with van der Waals surface area (Å²) in [4.78, 5) is 18.2. The van der Waals surface area contributed by atoms with Gasteiger partial charge in [-0.05, 0) is 51.3 Å². The van der Waals surface area contributed by atoms with Gasteiger partial charge in [-0.3, -0.25) is 10.1 Å². The lowest BCUT2D eigenvalue weighted by Gasteiger charge is -2.26. The second-order valence-corrected chi connectivity index (χ2v) is 9.70. The predicted molar refractivity (Wildman–Crippen MR) is 103 cm³/mol. The number of nitrogens with zero attached hydrogens (tertiary/aromatic N) is 2. The Hall–Kier alpha value is -1.77. The predicted octanol–water partition coefficient (Wildman–Crippen LogP) is 3.50. The molecule has 1 aromatic carbocycles. The van der Waals surface area contributed by atoms with Gasteiger partial charge in [-0.25, -0.2) is 13.4 Å². The fourth-order valence-corrected chi connectivity index (χ4v) is 5.30. The Bertz CT molecular complexity index is 910. The Balaban J connectivity index is 1.88. The summed E-state index contributed by atoms with van der Waals surface area (Å²) in [5.41, 5.74) is 1.96. The number of carbonyl (C=O) groups excluding carboxylic acids is 1. The molecule has 1 N–H and O–H groups in total. The van der Waals surface area contributed by atoms with Gasteiger partial charge in [0.15, 0.2) is 5.13 Å². The van der Waals surface area contributed by atoms with Gasteiger partial charge in [-0.2, -0.15) is 4.31 Å². The van der Waals surface area contributed by atoms with Crippen molar-refractivity contribution >= 4 is 32.4 Å². The number of aryl methyl sites for hydroxylation is 3. The average molecular weight is 394 g/mol. The maximum atomic E-state index is 12.9. The molecule has 140 valence electrons. The first-order valence-electron chi connectivity index (χ1n) is 8.65. The monoisotopic (exact) mass is 393 g/mol. The van der Waals surface area contributed by atoms with Gasteiger partial charge < -0.3 is 0 Å². The molecule has 0 bridgehead atoms. The number of piperidine rings is 1. The number of aromatic nitrogens is 1. The topological polar surface area (TPSA) is 79.4 Å². The minimum atomic E-state index is -3.57. The minimum absolute atomic E-state index is 0.168. The molecular weight excluding hydrogens is 370 g/mol. The number of anilines is 1. The number of hydrogen-bond acceptors (Lipinski definition) is 5. The number of nitrogens with one attached hydrogen (secondary N) is 1. The fourth-order valence-electron chi connectivity index (χ4n) is 2.95. The van der Waals surface area contributed by atoms with Crippen LogP contribution < -0.4 is 5.32 Å². The second kappa shape index (κ2) is 7.46. The Morgan fingerprint density at radius 3 is 2.46 bits per heavy atom. The third-order valence-corrected chi connectivity index (χ3v) is 7.54. The van der Waals surface area contributed by atoms with Crippen LogP contribution in [0, 0.1) is 20.8 Å². The van der Waals surface area contributed by atoms with E-state index in [1.807, 2.05) is 13.8 Å². The minimum Gasteiger partial charge on any atom is -0.298 e. The molecule has 1 aliphatic heterocycles. The van der Waals surface area contributed by atoms with Gasteiger partial charge in [0, 0.05) is 23.5 Å². The summed E-state index contributed by atoms with van der Waals surface area (Å²) in [5.74, 6) is -0.341. The molecule has 3 rings (SSSR count). The van der Waals surface area contributed by atoms with Crippen LogP contribution in [0.1, 0.15) is 45.8 Å². The molecule has 2 aromatic rings. The molecule has 1 aromatic heterocycles. The van der Waals surface area contributed by atoms with Gasteiger partial charge in [0.2, 0.25) is 10.0 Å². The van der Waals surface area contributed by atoms with Crippen molar-refractivity contribution in [3.05, 3.63) is 39.9 Å². The number of sulfonamides is 1. The zero-order valence-corrected chi connectivity index (χ0v) is 16.8. The van der Waals surface area contributed by atoms with Crippen molar-refractivity contribution in [2.24, 2.45) is 0 Å². The van der Waals surface area contributed by atoms with Gasteiger partial charge in [0.25, 0.3) is 5.91 Å². The molecule has 0 aliphatic carbocycles. The number of rotatable bonds is 4. The highest BCUT2D eigenvalue weighted by Gasteiger charge is 2.27. The summed E-state index contributed by atoms with van der Waals surface area (Å²) in [7, 11) is -3.57. The first-order valence-corrected chi connectivity index (χ1v) is 10.9. The molecule has 26 heavy (non-hydrogen) atoms. The normalized spacial score (nSPS) is 15.8. The maximum Gasteiger partial charge on any atom is 0.257 e. The van der Waals surface area contributed by atoms with Crippen LogP contribution in [-0.4, -0.2) is 36.7 Å². The smallest absolute Gasteiger partial charge is 0.257 e. The number of carbonyl (C=O) groups is 1. The van der Waals surface area contributed by atoms with E-state index in [4.69, 9.17) is 0 Å². The van der Waals surface area contributed by atoms with E-state index in [2.05, 4.69) is 10.3 Å². The highest BCUT2D eigenvalue weighted by atomic mass is 32.2. The van der Waals surface area contributed by atoms with Crippen molar-refractivity contribution in [3.63, 3.8) is 0 Å². The summed E-state index contributed by atoms with van der Waals surface area (Å²) < 4.78 is 27.2. The van der Waals surface area contributed by atoms with Crippen molar-refractivity contribution in [3.8, 4) is 0 Å². The lowest BCUT2D eigenvalue weighted by Crippen LogP contribution is -2.35. The van der Waals surface area contributed by atoms with Crippen LogP contribution in [0.2, 0.25) is 0 Å². The zero-order chi connectivity index (χ0) is 18.9. The van der Waals surface area contributed by atoms with Crippen LogP contribution in [0.3, 0.4) is 0 Å². The molecule has 1 aliphatic rings. The molecule has 1 amide bonds. The van der Waals surface area contributed by atoms with Crippen LogP contribution in [0.4, 0.5) is 5.13 Å². The first kappa shape index (κ1) is 19.0. The molecule has 0 radical (unpaired) electrons. The van der Waals surface area contributed by atoms with Crippen molar-refractivity contribution in [2.45, 2.75) is 44.9 Å². The number of benzene rings is 1. The number of thiazole rings is 1. The molecule has 0 unspecified atom stereocenters. The summed E-state index contributed by atoms with van der Waals surface area (Å²) in [6.07, 6.45) is 2.81. The van der Waals surface area contributed by atoms with Gasteiger partial charge in [0.1, 0.15) is 0 Å². The molecule has 0 spiro atoms. The maximum absolute atomic E-state index is 12.9. The molecule has 2 heterocycles. The Morgan fingerprint density at radius 1 is 1.15 bits per heavy atom. The van der Waals surface area contributed by atoms with E-state index in [1.54, 1.807) is 19.1 Å². The largest absolute Gasteiger partial charge is 0.298 e. The van der Waals surface area contributed by atoms with Crippen molar-refractivity contribution in [1.82, 2.24) is 9.29 Å². The molecular formula is C18H23N3O3S2. The van der Waals surface area contributed by atoms with E-state index >= 15 is 0 Å². The van der Waals surface area contributed by atoms with Gasteiger partial charge in [-0.1, -0.05) is 12.5 Å². The van der Waals surface area contributed by atoms with Crippen LogP contribution in [-0.2, 0) is 10.0 Å². The number of amides is 1. The first-order chi connectivity index (χ1) is 12.3. The number of hydrogen-bond donors (Lipinski definition) is 1. The van der Waals surface area contributed by atoms with E-state index in [-0.39, 0.29) is 10.8 Å². The summed E-state index contributed by atoms with van der Waals surface area (Å²) >= 11 is 1.41. The molecule has 0 atom stereocenters. The highest BCUT2D eigenvalue weighted by Crippen LogP contribution is 2.25. The van der Waals surface area contributed by atoms with E-state index in [9.17, 15) is 13.2 Å². The third-order valence-electron chi connectivity index (χ3n) is 4.66. The highest BCUT2D eigenvalue weighted by molar-refractivity contribution is 7.89. The Kier molecular flexibility index (Phi) is 5.45. The van der Waals surface area contributed by atoms with E-state index in [0.29, 0.717) is 23.8 Å². The van der Waals surface area contributed by atoms with Crippen LogP contribution in [0.15, 0.2) is 23.1 Å². The van der Waals surface area contributed by atoms with Crippen molar-refractivity contribution in [2.75, 3.05) is 18.4 Å². The quantitative estimate of drug-likeness (QED) is 0.862. The molecule has 8 heteroatoms. The Labute approximate surface area is 158 Å². The standard InChI is InChI=1S/C18H23N3O3S2/c1-12-7-8-15(26(23,24)21-9-5-4-6-10-21)11-16(12)17(22)20-18-19-13(2)14(3)25-18/h7-8,11H,4-6,9-10H2,1-3H3,(H,19,20,22). The lowest BCUT2D eigenvalue weighted by atomic mass is 10.1. The average Bonchev–Trinajstić information content (AvgIpc) is 2.93. The van der Waals surface area contributed by atoms with Crippen LogP contribution in [0.5, 0.6) is 0 Å². The van der Waals surface area contributed by atoms with Crippen LogP contribution in [0.25, 0.3) is 0 Å². The van der Waals surface area contributed by atoms with E-state index < -0.39 is 10.0 Å². The Morgan fingerprint density at radius 2 is 1.85 bits per heavy atom. The third kappa shape index (κ3) is 3.82.